The van der Waals surface area contributed by atoms with Crippen LogP contribution in [-0.4, -0.2) is 67.4 Å². The van der Waals surface area contributed by atoms with E-state index in [1.165, 1.54) is 10.2 Å². The molecule has 5 atom stereocenters. The van der Waals surface area contributed by atoms with Gasteiger partial charge in [-0.1, -0.05) is 120 Å². The van der Waals surface area contributed by atoms with E-state index in [2.05, 4.69) is 54.1 Å². The fourth-order valence-corrected chi connectivity index (χ4v) is 14.9. The maximum absolute atomic E-state index is 15.5. The van der Waals surface area contributed by atoms with Crippen LogP contribution in [0.3, 0.4) is 0 Å². The van der Waals surface area contributed by atoms with Crippen molar-refractivity contribution in [3.63, 3.8) is 0 Å². The summed E-state index contributed by atoms with van der Waals surface area (Å²) in [7, 11) is -0.888. The summed E-state index contributed by atoms with van der Waals surface area (Å²) in [5.74, 6) is 0.126. The molecule has 3 amide bonds. The van der Waals surface area contributed by atoms with Crippen LogP contribution >= 0.6 is 15.9 Å². The average Bonchev–Trinajstić information content (AvgIpc) is 3.71. The second-order valence-electron chi connectivity index (χ2n) is 17.5. The molecule has 4 aliphatic heterocycles. The molecule has 318 valence electrons. The number of hydrazone groups is 1. The first-order chi connectivity index (χ1) is 29.9. The molecule has 9 rings (SSSR count). The summed E-state index contributed by atoms with van der Waals surface area (Å²) in [4.78, 5) is 46.9. The molecule has 1 N–H and O–H groups in total. The highest BCUT2D eigenvalue weighted by atomic mass is 79.9. The van der Waals surface area contributed by atoms with Crippen molar-refractivity contribution >= 4 is 64.0 Å². The molecule has 0 aliphatic carbocycles. The SMILES string of the molecule is COc1ccc([Si](C)(C)[C@@H]2[C@@H](CC(=O)N3Cc4ccccc4C[C@H]3CO)O[C@]3(C(=O)N(Cc4ccc(N5N=C(c6ccccc6)CCC5=O)cc4)c4ccc(Br)cc43)[C@H]2C)cc1. The van der Waals surface area contributed by atoms with Crippen LogP contribution in [0.2, 0.25) is 18.6 Å². The zero-order valence-electron chi connectivity index (χ0n) is 35.5. The lowest BCUT2D eigenvalue weighted by molar-refractivity contribution is -0.151. The van der Waals surface area contributed by atoms with Crippen LogP contribution in [0.25, 0.3) is 0 Å². The highest BCUT2D eigenvalue weighted by molar-refractivity contribution is 9.10. The second-order valence-corrected chi connectivity index (χ2v) is 23.1. The molecule has 5 aromatic carbocycles. The largest absolute Gasteiger partial charge is 0.497 e. The van der Waals surface area contributed by atoms with E-state index < -0.39 is 19.8 Å². The van der Waals surface area contributed by atoms with E-state index in [1.54, 1.807) is 7.11 Å². The summed E-state index contributed by atoms with van der Waals surface area (Å²) >= 11 is 3.72. The zero-order valence-corrected chi connectivity index (χ0v) is 38.0. The number of nitrogens with zero attached hydrogens (tertiary/aromatic N) is 4. The Hall–Kier alpha value is -5.40. The predicted octanol–water partition coefficient (Wildman–Crippen LogP) is 8.09. The Morgan fingerprint density at radius 2 is 1.63 bits per heavy atom. The Kier molecular flexibility index (Phi) is 11.3. The highest BCUT2D eigenvalue weighted by Crippen LogP contribution is 2.60. The first-order valence-electron chi connectivity index (χ1n) is 21.4. The Morgan fingerprint density at radius 3 is 2.34 bits per heavy atom. The lowest BCUT2D eigenvalue weighted by Gasteiger charge is -2.39. The molecule has 1 fully saturated rings. The van der Waals surface area contributed by atoms with Gasteiger partial charge in [-0.3, -0.25) is 14.4 Å². The fraction of sp³-hybridized carbons (Fsp3) is 0.320. The quantitative estimate of drug-likeness (QED) is 0.142. The number of amides is 3. The van der Waals surface area contributed by atoms with Crippen LogP contribution in [-0.2, 0) is 44.2 Å². The van der Waals surface area contributed by atoms with Crippen molar-refractivity contribution in [2.45, 2.75) is 82.1 Å². The van der Waals surface area contributed by atoms with Crippen molar-refractivity contribution in [3.05, 3.63) is 154 Å². The molecular weight excluding hydrogens is 861 g/mol. The highest BCUT2D eigenvalue weighted by Gasteiger charge is 2.66. The fourth-order valence-electron chi connectivity index (χ4n) is 10.5. The van der Waals surface area contributed by atoms with E-state index in [0.717, 1.165) is 49.4 Å². The molecule has 5 aromatic rings. The second kappa shape index (κ2) is 16.7. The smallest absolute Gasteiger partial charge is 0.264 e. The number of benzene rings is 5. The average molecular weight is 912 g/mol. The number of anilines is 2. The van der Waals surface area contributed by atoms with Crippen molar-refractivity contribution in [2.75, 3.05) is 23.6 Å². The summed E-state index contributed by atoms with van der Waals surface area (Å²) in [6, 6.07) is 39.4. The Labute approximate surface area is 372 Å². The molecule has 4 heterocycles. The summed E-state index contributed by atoms with van der Waals surface area (Å²) < 4.78 is 13.7. The van der Waals surface area contributed by atoms with Gasteiger partial charge in [0.05, 0.1) is 64.0 Å². The van der Waals surface area contributed by atoms with Crippen molar-refractivity contribution in [2.24, 2.45) is 11.0 Å². The van der Waals surface area contributed by atoms with Crippen molar-refractivity contribution in [1.82, 2.24) is 4.90 Å². The number of aliphatic hydroxyl groups is 1. The summed E-state index contributed by atoms with van der Waals surface area (Å²) in [5, 5.41) is 17.9. The lowest BCUT2D eigenvalue weighted by atomic mass is 9.82. The summed E-state index contributed by atoms with van der Waals surface area (Å²) in [5.41, 5.74) is 5.65. The van der Waals surface area contributed by atoms with Gasteiger partial charge in [0.2, 0.25) is 11.8 Å². The first-order valence-corrected chi connectivity index (χ1v) is 25.3. The molecule has 10 nitrogen and oxygen atoms in total. The molecule has 0 aromatic heterocycles. The van der Waals surface area contributed by atoms with E-state index >= 15 is 4.79 Å². The van der Waals surface area contributed by atoms with E-state index in [9.17, 15) is 14.7 Å². The number of fused-ring (bicyclic) bond motifs is 3. The van der Waals surface area contributed by atoms with Gasteiger partial charge in [-0.25, -0.2) is 5.01 Å². The van der Waals surface area contributed by atoms with E-state index in [0.29, 0.717) is 31.5 Å². The zero-order chi connectivity index (χ0) is 43.3. The van der Waals surface area contributed by atoms with Gasteiger partial charge in [0.1, 0.15) is 5.75 Å². The van der Waals surface area contributed by atoms with Crippen LogP contribution in [0, 0.1) is 5.92 Å². The van der Waals surface area contributed by atoms with Gasteiger partial charge in [-0.15, -0.1) is 0 Å². The standard InChI is InChI=1S/C50H51BrN4O6Si/c1-32-48(62(3,4)41-21-19-40(60-2)20-22-41)45(28-47(58)53-30-36-13-9-8-12-35(36)26-39(53)31-56)61-50(32)42-27-37(51)16-24-44(42)54(49(50)59)29-33-14-17-38(18-15-33)55-46(57)25-23-43(52-55)34-10-6-5-7-11-34/h5-22,24,27,32,39,45,48,56H,23,25-26,28-31H2,1-4H3/t32-,39-,45+,48-,50+/m0/s1. The maximum atomic E-state index is 15.5. The predicted molar refractivity (Wildman–Crippen MR) is 247 cm³/mol. The monoisotopic (exact) mass is 910 g/mol. The topological polar surface area (TPSA) is 112 Å². The summed E-state index contributed by atoms with van der Waals surface area (Å²) in [6.07, 6.45) is 1.01. The molecule has 1 spiro atoms. The van der Waals surface area contributed by atoms with Crippen LogP contribution in [0.15, 0.2) is 131 Å². The molecule has 62 heavy (non-hydrogen) atoms. The van der Waals surface area contributed by atoms with Gasteiger partial charge in [0.15, 0.2) is 5.60 Å². The minimum atomic E-state index is -2.54. The van der Waals surface area contributed by atoms with Gasteiger partial charge in [0.25, 0.3) is 5.91 Å². The molecule has 0 bridgehead atoms. The Bertz CT molecular complexity index is 2550. The van der Waals surface area contributed by atoms with E-state index in [-0.39, 0.29) is 54.8 Å². The van der Waals surface area contributed by atoms with Crippen LogP contribution < -0.4 is 19.8 Å². The number of carbonyl (C=O) groups excluding carboxylic acids is 3. The Morgan fingerprint density at radius 1 is 0.919 bits per heavy atom. The molecule has 0 saturated carbocycles. The third kappa shape index (κ3) is 7.30. The first kappa shape index (κ1) is 41.9. The third-order valence-corrected chi connectivity index (χ3v) is 18.6. The van der Waals surface area contributed by atoms with Gasteiger partial charge in [0, 0.05) is 35.3 Å². The number of hydrogen-bond acceptors (Lipinski definition) is 7. The summed E-state index contributed by atoms with van der Waals surface area (Å²) in [6.45, 7) is 7.28. The van der Waals surface area contributed by atoms with Gasteiger partial charge in [-0.05, 0) is 76.7 Å². The van der Waals surface area contributed by atoms with Crippen molar-refractivity contribution < 1.29 is 29.0 Å². The molecule has 0 radical (unpaired) electrons. The van der Waals surface area contributed by atoms with E-state index in [4.69, 9.17) is 14.6 Å². The van der Waals surface area contributed by atoms with E-state index in [1.807, 2.05) is 113 Å². The minimum absolute atomic E-state index is 0.0679. The number of ether oxygens (including phenoxy) is 2. The molecule has 4 aliphatic rings. The number of aliphatic hydroxyl groups excluding tert-OH is 1. The van der Waals surface area contributed by atoms with Gasteiger partial charge >= 0.3 is 0 Å². The van der Waals surface area contributed by atoms with Crippen molar-refractivity contribution in [3.8, 4) is 5.75 Å². The van der Waals surface area contributed by atoms with Crippen LogP contribution in [0.4, 0.5) is 11.4 Å². The lowest BCUT2D eigenvalue weighted by Crippen LogP contribution is -2.52. The minimum Gasteiger partial charge on any atom is -0.497 e. The number of hydrogen-bond donors (Lipinski definition) is 1. The number of methoxy groups -OCH3 is 1. The Balaban J connectivity index is 1.05. The van der Waals surface area contributed by atoms with Crippen molar-refractivity contribution in [1.29, 1.82) is 0 Å². The van der Waals surface area contributed by atoms with Gasteiger partial charge in [-0.2, -0.15) is 5.10 Å². The number of rotatable bonds is 10. The molecule has 12 heteroatoms. The number of halogens is 1. The number of carbonyl (C=O) groups is 3. The molecule has 1 saturated heterocycles. The molecular formula is C50H51BrN4O6Si. The normalized spacial score (nSPS) is 23.4. The van der Waals surface area contributed by atoms with Gasteiger partial charge < -0.3 is 24.4 Å². The molecule has 0 unspecified atom stereocenters. The third-order valence-electron chi connectivity index (χ3n) is 13.7. The van der Waals surface area contributed by atoms with Crippen LogP contribution in [0.5, 0.6) is 5.75 Å². The maximum Gasteiger partial charge on any atom is 0.264 e. The van der Waals surface area contributed by atoms with Crippen LogP contribution in [0.1, 0.15) is 54.0 Å².